The van der Waals surface area contributed by atoms with Crippen LogP contribution in [0.4, 0.5) is 0 Å². The van der Waals surface area contributed by atoms with Crippen molar-refractivity contribution < 1.29 is 5.11 Å². The molecule has 1 rings (SSSR count). The lowest BCUT2D eigenvalue weighted by molar-refractivity contribution is 0.292. The van der Waals surface area contributed by atoms with Crippen molar-refractivity contribution in [3.05, 3.63) is 28.5 Å². The zero-order chi connectivity index (χ0) is 8.81. The number of aliphatic hydroxyl groups excluding tert-OH is 1. The molecule has 0 fully saturated rings. The Bertz CT molecular complexity index is 225. The van der Waals surface area contributed by atoms with E-state index >= 15 is 0 Å². The maximum absolute atomic E-state index is 8.50. The van der Waals surface area contributed by atoms with Gasteiger partial charge in [-0.15, -0.1) is 0 Å². The molecule has 0 aliphatic carbocycles. The fourth-order valence-electron chi connectivity index (χ4n) is 0.823. The second kappa shape index (κ2) is 5.24. The Morgan fingerprint density at radius 1 is 1.50 bits per heavy atom. The van der Waals surface area contributed by atoms with Crippen molar-refractivity contribution in [2.75, 3.05) is 13.2 Å². The maximum Gasteiger partial charge on any atom is 0.106 e. The van der Waals surface area contributed by atoms with E-state index in [4.69, 9.17) is 5.11 Å². The van der Waals surface area contributed by atoms with E-state index in [1.54, 1.807) is 6.20 Å². The Kier molecular flexibility index (Phi) is 4.21. The molecule has 0 spiro atoms. The molecular weight excluding hydrogens is 220 g/mol. The summed E-state index contributed by atoms with van der Waals surface area (Å²) in [5.41, 5.74) is 1.12. The van der Waals surface area contributed by atoms with Gasteiger partial charge in [0.1, 0.15) is 4.60 Å². The van der Waals surface area contributed by atoms with Gasteiger partial charge in [0.2, 0.25) is 0 Å². The van der Waals surface area contributed by atoms with Crippen LogP contribution >= 0.6 is 15.9 Å². The Morgan fingerprint density at radius 3 is 2.92 bits per heavy atom. The third-order valence-corrected chi connectivity index (χ3v) is 1.88. The van der Waals surface area contributed by atoms with E-state index in [1.165, 1.54) is 0 Å². The summed E-state index contributed by atoms with van der Waals surface area (Å²) in [6.45, 7) is 1.54. The smallest absolute Gasteiger partial charge is 0.106 e. The Balaban J connectivity index is 2.37. The van der Waals surface area contributed by atoms with E-state index < -0.39 is 0 Å². The summed E-state index contributed by atoms with van der Waals surface area (Å²) in [6, 6.07) is 3.89. The number of hydrogen-bond acceptors (Lipinski definition) is 3. The molecule has 0 radical (unpaired) electrons. The average Bonchev–Trinajstić information content (AvgIpc) is 2.09. The van der Waals surface area contributed by atoms with E-state index in [1.807, 2.05) is 12.1 Å². The van der Waals surface area contributed by atoms with Gasteiger partial charge in [0.15, 0.2) is 0 Å². The summed E-state index contributed by atoms with van der Waals surface area (Å²) in [5, 5.41) is 11.6. The Morgan fingerprint density at radius 2 is 2.33 bits per heavy atom. The predicted octanol–water partition coefficient (Wildman–Crippen LogP) is 0.926. The van der Waals surface area contributed by atoms with Crippen LogP contribution in [0, 0.1) is 0 Å². The summed E-state index contributed by atoms with van der Waals surface area (Å²) < 4.78 is 0.841. The van der Waals surface area contributed by atoms with Gasteiger partial charge in [-0.2, -0.15) is 0 Å². The number of hydrogen-bond donors (Lipinski definition) is 2. The van der Waals surface area contributed by atoms with Crippen LogP contribution in [-0.4, -0.2) is 23.2 Å². The summed E-state index contributed by atoms with van der Waals surface area (Å²) in [4.78, 5) is 4.07. The van der Waals surface area contributed by atoms with E-state index in [0.717, 1.165) is 16.7 Å². The van der Waals surface area contributed by atoms with Crippen molar-refractivity contribution >= 4 is 15.9 Å². The summed E-state index contributed by atoms with van der Waals surface area (Å²) in [6.07, 6.45) is 1.80. The molecule has 66 valence electrons. The average molecular weight is 231 g/mol. The highest BCUT2D eigenvalue weighted by molar-refractivity contribution is 9.10. The molecule has 0 saturated heterocycles. The molecule has 0 amide bonds. The number of pyridine rings is 1. The van der Waals surface area contributed by atoms with Crippen LogP contribution in [0.3, 0.4) is 0 Å². The van der Waals surface area contributed by atoms with Gasteiger partial charge < -0.3 is 10.4 Å². The number of aliphatic hydroxyl groups is 1. The number of halogens is 1. The predicted molar refractivity (Wildman–Crippen MR) is 50.7 cm³/mol. The van der Waals surface area contributed by atoms with Crippen molar-refractivity contribution in [2.24, 2.45) is 0 Å². The van der Waals surface area contributed by atoms with Crippen molar-refractivity contribution in [3.63, 3.8) is 0 Å². The number of aromatic nitrogens is 1. The van der Waals surface area contributed by atoms with Crippen LogP contribution in [0.2, 0.25) is 0 Å². The minimum atomic E-state index is 0.171. The molecule has 0 unspecified atom stereocenters. The SMILES string of the molecule is OCCNCc1ccc(Br)nc1. The van der Waals surface area contributed by atoms with Gasteiger partial charge in [-0.1, -0.05) is 6.07 Å². The highest BCUT2D eigenvalue weighted by Gasteiger charge is 1.92. The lowest BCUT2D eigenvalue weighted by Gasteiger charge is -2.01. The molecule has 0 atom stereocenters. The van der Waals surface area contributed by atoms with Gasteiger partial charge in [-0.25, -0.2) is 4.98 Å². The zero-order valence-electron chi connectivity index (χ0n) is 6.63. The highest BCUT2D eigenvalue weighted by Crippen LogP contribution is 2.05. The molecule has 0 saturated carbocycles. The fourth-order valence-corrected chi connectivity index (χ4v) is 1.06. The van der Waals surface area contributed by atoms with E-state index in [2.05, 4.69) is 26.2 Å². The first-order valence-corrected chi connectivity index (χ1v) is 4.54. The monoisotopic (exact) mass is 230 g/mol. The third-order valence-electron chi connectivity index (χ3n) is 1.41. The van der Waals surface area contributed by atoms with Gasteiger partial charge in [0.25, 0.3) is 0 Å². The van der Waals surface area contributed by atoms with Gasteiger partial charge in [0.05, 0.1) is 6.61 Å². The zero-order valence-corrected chi connectivity index (χ0v) is 8.21. The molecule has 1 heterocycles. The van der Waals surface area contributed by atoms with Gasteiger partial charge in [-0.3, -0.25) is 0 Å². The maximum atomic E-state index is 8.50. The summed E-state index contributed by atoms with van der Waals surface area (Å²) in [7, 11) is 0. The number of rotatable bonds is 4. The molecular formula is C8H11BrN2O. The first kappa shape index (κ1) is 9.64. The highest BCUT2D eigenvalue weighted by atomic mass is 79.9. The molecule has 2 N–H and O–H groups in total. The molecule has 3 nitrogen and oxygen atoms in total. The normalized spacial score (nSPS) is 10.2. The second-order valence-electron chi connectivity index (χ2n) is 2.39. The van der Waals surface area contributed by atoms with E-state index in [9.17, 15) is 0 Å². The Hall–Kier alpha value is -0.450. The quantitative estimate of drug-likeness (QED) is 0.598. The van der Waals surface area contributed by atoms with E-state index in [-0.39, 0.29) is 6.61 Å². The van der Waals surface area contributed by atoms with Crippen LogP contribution in [0.5, 0.6) is 0 Å². The molecule has 4 heteroatoms. The topological polar surface area (TPSA) is 45.1 Å². The number of nitrogens with zero attached hydrogens (tertiary/aromatic N) is 1. The second-order valence-corrected chi connectivity index (χ2v) is 3.20. The molecule has 0 bridgehead atoms. The standard InChI is InChI=1S/C8H11BrN2O/c9-8-2-1-7(6-11-8)5-10-3-4-12/h1-2,6,10,12H,3-5H2. The van der Waals surface area contributed by atoms with Crippen LogP contribution in [0.15, 0.2) is 22.9 Å². The first-order valence-electron chi connectivity index (χ1n) is 3.75. The minimum Gasteiger partial charge on any atom is -0.395 e. The Labute approximate surface area is 80.0 Å². The van der Waals surface area contributed by atoms with Crippen LogP contribution in [-0.2, 0) is 6.54 Å². The fraction of sp³-hybridized carbons (Fsp3) is 0.375. The van der Waals surface area contributed by atoms with Crippen LogP contribution < -0.4 is 5.32 Å². The molecule has 12 heavy (non-hydrogen) atoms. The first-order chi connectivity index (χ1) is 5.83. The molecule has 0 aliphatic heterocycles. The molecule has 0 aromatic carbocycles. The van der Waals surface area contributed by atoms with Crippen molar-refractivity contribution in [2.45, 2.75) is 6.54 Å². The molecule has 0 aliphatic rings. The number of nitrogens with one attached hydrogen (secondary N) is 1. The molecule has 1 aromatic rings. The van der Waals surface area contributed by atoms with Gasteiger partial charge >= 0.3 is 0 Å². The van der Waals surface area contributed by atoms with Crippen molar-refractivity contribution in [1.82, 2.24) is 10.3 Å². The van der Waals surface area contributed by atoms with Crippen molar-refractivity contribution in [1.29, 1.82) is 0 Å². The van der Waals surface area contributed by atoms with E-state index in [0.29, 0.717) is 6.54 Å². The summed E-state index contributed by atoms with van der Waals surface area (Å²) >= 11 is 3.26. The lowest BCUT2D eigenvalue weighted by Crippen LogP contribution is -2.17. The largest absolute Gasteiger partial charge is 0.395 e. The van der Waals surface area contributed by atoms with Crippen LogP contribution in [0.25, 0.3) is 0 Å². The van der Waals surface area contributed by atoms with Crippen LogP contribution in [0.1, 0.15) is 5.56 Å². The van der Waals surface area contributed by atoms with Gasteiger partial charge in [-0.05, 0) is 27.6 Å². The minimum absolute atomic E-state index is 0.171. The summed E-state index contributed by atoms with van der Waals surface area (Å²) in [5.74, 6) is 0. The lowest BCUT2D eigenvalue weighted by atomic mass is 10.3. The third kappa shape index (κ3) is 3.30. The molecule has 1 aromatic heterocycles. The van der Waals surface area contributed by atoms with Crippen molar-refractivity contribution in [3.8, 4) is 0 Å². The van der Waals surface area contributed by atoms with Gasteiger partial charge in [0, 0.05) is 19.3 Å².